The molecular weight excluding hydrogens is 500 g/mol. The van der Waals surface area contributed by atoms with Gasteiger partial charge in [-0.1, -0.05) is 102 Å². The van der Waals surface area contributed by atoms with Gasteiger partial charge in [0.25, 0.3) is 0 Å². The van der Waals surface area contributed by atoms with Crippen LogP contribution in [0, 0.1) is 0 Å². The van der Waals surface area contributed by atoms with Crippen LogP contribution >= 0.6 is 27.3 Å². The summed E-state index contributed by atoms with van der Waals surface area (Å²) in [4.78, 5) is 25.6. The molecular formula is C25H29BrN4O2S. The van der Waals surface area contributed by atoms with Crippen molar-refractivity contribution in [1.82, 2.24) is 15.5 Å². The summed E-state index contributed by atoms with van der Waals surface area (Å²) >= 11 is 4.72. The standard InChI is InChI=1S/C25H29BrN4O2S/c1-2-3-4-5-9-12-22(31)27-21(17-18-10-7-6-8-11-18)23(32)28-25-30-29-24(33-25)19-13-15-20(26)16-14-19/h6-8,10-11,13-16,21H,2-5,9,12,17H2,1H3,(H,27,31)(H,28,30,32)/t21-/m1/s1. The molecule has 2 N–H and O–H groups in total. The fourth-order valence-corrected chi connectivity index (χ4v) is 4.41. The highest BCUT2D eigenvalue weighted by Gasteiger charge is 2.22. The van der Waals surface area contributed by atoms with E-state index in [1.54, 1.807) is 0 Å². The molecule has 0 spiro atoms. The van der Waals surface area contributed by atoms with Gasteiger partial charge in [-0.15, -0.1) is 10.2 Å². The molecule has 0 fully saturated rings. The Hall–Kier alpha value is -2.58. The van der Waals surface area contributed by atoms with Crippen LogP contribution in [0.1, 0.15) is 51.0 Å². The van der Waals surface area contributed by atoms with Crippen molar-refractivity contribution < 1.29 is 9.59 Å². The second kappa shape index (κ2) is 13.2. The van der Waals surface area contributed by atoms with E-state index >= 15 is 0 Å². The van der Waals surface area contributed by atoms with Gasteiger partial charge in [-0.05, 0) is 24.1 Å². The lowest BCUT2D eigenvalue weighted by Crippen LogP contribution is -2.45. The molecule has 174 valence electrons. The zero-order chi connectivity index (χ0) is 23.5. The van der Waals surface area contributed by atoms with Gasteiger partial charge in [0.15, 0.2) is 0 Å². The van der Waals surface area contributed by atoms with Gasteiger partial charge >= 0.3 is 0 Å². The van der Waals surface area contributed by atoms with Gasteiger partial charge in [-0.2, -0.15) is 0 Å². The predicted octanol–water partition coefficient (Wildman–Crippen LogP) is 5.99. The van der Waals surface area contributed by atoms with Crippen LogP contribution in [0.3, 0.4) is 0 Å². The topological polar surface area (TPSA) is 84.0 Å². The SMILES string of the molecule is CCCCCCCC(=O)N[C@H](Cc1ccccc1)C(=O)Nc1nnc(-c2ccc(Br)cc2)s1. The van der Waals surface area contributed by atoms with Crippen LogP contribution in [0.4, 0.5) is 5.13 Å². The van der Waals surface area contributed by atoms with Gasteiger partial charge in [0, 0.05) is 22.9 Å². The molecule has 3 aromatic rings. The summed E-state index contributed by atoms with van der Waals surface area (Å²) in [5, 5.41) is 15.2. The maximum Gasteiger partial charge on any atom is 0.249 e. The van der Waals surface area contributed by atoms with E-state index < -0.39 is 6.04 Å². The molecule has 33 heavy (non-hydrogen) atoms. The van der Waals surface area contributed by atoms with Gasteiger partial charge in [-0.25, -0.2) is 0 Å². The van der Waals surface area contributed by atoms with E-state index in [-0.39, 0.29) is 11.8 Å². The molecule has 0 saturated heterocycles. The van der Waals surface area contributed by atoms with E-state index in [2.05, 4.69) is 43.7 Å². The molecule has 1 heterocycles. The number of nitrogens with zero attached hydrogens (tertiary/aromatic N) is 2. The molecule has 0 radical (unpaired) electrons. The maximum atomic E-state index is 13.1. The van der Waals surface area contributed by atoms with Gasteiger partial charge in [0.05, 0.1) is 0 Å². The maximum absolute atomic E-state index is 13.1. The first-order chi connectivity index (χ1) is 16.0. The summed E-state index contributed by atoms with van der Waals surface area (Å²) in [6, 6.07) is 16.7. The lowest BCUT2D eigenvalue weighted by Gasteiger charge is -2.18. The van der Waals surface area contributed by atoms with Crippen molar-refractivity contribution in [2.45, 2.75) is 57.9 Å². The molecule has 0 aliphatic carbocycles. The van der Waals surface area contributed by atoms with Crippen molar-refractivity contribution in [3.8, 4) is 10.6 Å². The number of unbranched alkanes of at least 4 members (excludes halogenated alkanes) is 4. The van der Waals surface area contributed by atoms with Crippen LogP contribution in [-0.2, 0) is 16.0 Å². The van der Waals surface area contributed by atoms with Crippen LogP contribution in [0.5, 0.6) is 0 Å². The fraction of sp³-hybridized carbons (Fsp3) is 0.360. The average Bonchev–Trinajstić information content (AvgIpc) is 3.28. The number of amides is 2. The summed E-state index contributed by atoms with van der Waals surface area (Å²) in [5.41, 5.74) is 1.90. The molecule has 1 atom stereocenters. The molecule has 0 unspecified atom stereocenters. The molecule has 0 aliphatic rings. The average molecular weight is 530 g/mol. The Labute approximate surface area is 207 Å². The third-order valence-electron chi connectivity index (χ3n) is 5.19. The highest BCUT2D eigenvalue weighted by Crippen LogP contribution is 2.27. The van der Waals surface area contributed by atoms with Gasteiger partial charge < -0.3 is 5.32 Å². The predicted molar refractivity (Wildman–Crippen MR) is 137 cm³/mol. The van der Waals surface area contributed by atoms with Gasteiger partial charge in [0.2, 0.25) is 16.9 Å². The van der Waals surface area contributed by atoms with Crippen molar-refractivity contribution in [2.75, 3.05) is 5.32 Å². The number of anilines is 1. The van der Waals surface area contributed by atoms with Gasteiger partial charge in [-0.3, -0.25) is 14.9 Å². The number of rotatable bonds is 12. The second-order valence-corrected chi connectivity index (χ2v) is 9.78. The summed E-state index contributed by atoms with van der Waals surface area (Å²) in [5.74, 6) is -0.396. The number of hydrogen-bond acceptors (Lipinski definition) is 5. The van der Waals surface area contributed by atoms with Crippen LogP contribution in [0.25, 0.3) is 10.6 Å². The Morgan fingerprint density at radius 3 is 2.42 bits per heavy atom. The van der Waals surface area contributed by atoms with Crippen LogP contribution in [0.15, 0.2) is 59.1 Å². The Morgan fingerprint density at radius 2 is 1.70 bits per heavy atom. The highest BCUT2D eigenvalue weighted by atomic mass is 79.9. The smallest absolute Gasteiger partial charge is 0.249 e. The zero-order valence-electron chi connectivity index (χ0n) is 18.7. The zero-order valence-corrected chi connectivity index (χ0v) is 21.1. The number of benzene rings is 2. The van der Waals surface area contributed by atoms with Crippen LogP contribution < -0.4 is 10.6 Å². The minimum absolute atomic E-state index is 0.101. The summed E-state index contributed by atoms with van der Waals surface area (Å²) < 4.78 is 0.981. The van der Waals surface area contributed by atoms with Crippen molar-refractivity contribution in [3.63, 3.8) is 0 Å². The monoisotopic (exact) mass is 528 g/mol. The number of nitrogens with one attached hydrogen (secondary N) is 2. The van der Waals surface area contributed by atoms with E-state index in [1.807, 2.05) is 54.6 Å². The van der Waals surface area contributed by atoms with E-state index in [1.165, 1.54) is 24.2 Å². The minimum atomic E-state index is -0.685. The number of halogens is 1. The number of carbonyl (C=O) groups excluding carboxylic acids is 2. The molecule has 6 nitrogen and oxygen atoms in total. The van der Waals surface area contributed by atoms with E-state index in [9.17, 15) is 9.59 Å². The number of carbonyl (C=O) groups is 2. The first-order valence-electron chi connectivity index (χ1n) is 11.3. The van der Waals surface area contributed by atoms with Crippen LogP contribution in [0.2, 0.25) is 0 Å². The summed E-state index contributed by atoms with van der Waals surface area (Å²) in [6.45, 7) is 2.17. The second-order valence-electron chi connectivity index (χ2n) is 7.88. The molecule has 2 amide bonds. The van der Waals surface area contributed by atoms with Crippen molar-refractivity contribution in [1.29, 1.82) is 0 Å². The van der Waals surface area contributed by atoms with Crippen molar-refractivity contribution in [3.05, 3.63) is 64.6 Å². The van der Waals surface area contributed by atoms with Crippen molar-refractivity contribution in [2.24, 2.45) is 0 Å². The molecule has 1 aromatic heterocycles. The molecule has 0 saturated carbocycles. The summed E-state index contributed by atoms with van der Waals surface area (Å²) in [7, 11) is 0. The highest BCUT2D eigenvalue weighted by molar-refractivity contribution is 9.10. The van der Waals surface area contributed by atoms with Crippen molar-refractivity contribution >= 4 is 44.2 Å². The fourth-order valence-electron chi connectivity index (χ4n) is 3.39. The van der Waals surface area contributed by atoms with E-state index in [4.69, 9.17) is 0 Å². The van der Waals surface area contributed by atoms with Gasteiger partial charge in [0.1, 0.15) is 11.0 Å². The quantitative estimate of drug-likeness (QED) is 0.282. The van der Waals surface area contributed by atoms with E-state index in [0.717, 1.165) is 34.9 Å². The van der Waals surface area contributed by atoms with E-state index in [0.29, 0.717) is 23.0 Å². The minimum Gasteiger partial charge on any atom is -0.344 e. The Bertz CT molecular complexity index is 1020. The lowest BCUT2D eigenvalue weighted by molar-refractivity contribution is -0.126. The first kappa shape index (κ1) is 25.1. The Kier molecular flexibility index (Phi) is 10.0. The normalized spacial score (nSPS) is 11.7. The third kappa shape index (κ3) is 8.37. The number of hydrogen-bond donors (Lipinski definition) is 2. The lowest BCUT2D eigenvalue weighted by atomic mass is 10.0. The first-order valence-corrected chi connectivity index (χ1v) is 12.9. The largest absolute Gasteiger partial charge is 0.344 e. The van der Waals surface area contributed by atoms with Crippen LogP contribution in [-0.4, -0.2) is 28.1 Å². The molecule has 0 aliphatic heterocycles. The molecule has 2 aromatic carbocycles. The Morgan fingerprint density at radius 1 is 0.970 bits per heavy atom. The Balaban J connectivity index is 1.63. The molecule has 3 rings (SSSR count). The molecule has 0 bridgehead atoms. The number of aromatic nitrogens is 2. The third-order valence-corrected chi connectivity index (χ3v) is 6.60. The molecule has 8 heteroatoms. The summed E-state index contributed by atoms with van der Waals surface area (Å²) in [6.07, 6.45) is 6.18.